The minimum atomic E-state index is -1.12. The van der Waals surface area contributed by atoms with Crippen LogP contribution in [0.4, 0.5) is 0 Å². The summed E-state index contributed by atoms with van der Waals surface area (Å²) in [5.41, 5.74) is 1.61. The monoisotopic (exact) mass is 330 g/mol. The second-order valence-corrected chi connectivity index (χ2v) is 6.92. The first-order valence-corrected chi connectivity index (χ1v) is 8.71. The third-order valence-corrected chi connectivity index (χ3v) is 5.61. The van der Waals surface area contributed by atoms with Crippen LogP contribution < -0.4 is 0 Å². The van der Waals surface area contributed by atoms with Crippen molar-refractivity contribution in [2.45, 2.75) is 18.4 Å². The van der Waals surface area contributed by atoms with Gasteiger partial charge in [0.05, 0.1) is 5.76 Å². The van der Waals surface area contributed by atoms with E-state index in [-0.39, 0.29) is 17.8 Å². The van der Waals surface area contributed by atoms with Crippen LogP contribution in [-0.4, -0.2) is 10.2 Å². The van der Waals surface area contributed by atoms with E-state index in [1.165, 1.54) is 0 Å². The van der Waals surface area contributed by atoms with Gasteiger partial charge in [0.2, 0.25) is 0 Å². The molecule has 0 aliphatic heterocycles. The zero-order valence-electron chi connectivity index (χ0n) is 14.2. The van der Waals surface area contributed by atoms with Crippen molar-refractivity contribution in [1.29, 1.82) is 0 Å². The summed E-state index contributed by atoms with van der Waals surface area (Å²) in [6, 6.07) is 19.8. The maximum atomic E-state index is 12.1. The van der Waals surface area contributed by atoms with Gasteiger partial charge < -0.3 is 10.2 Å². The highest BCUT2D eigenvalue weighted by molar-refractivity contribution is 5.46. The number of hydrogen-bond donors (Lipinski definition) is 2. The molecule has 2 nitrogen and oxygen atoms in total. The third kappa shape index (κ3) is 2.37. The molecular formula is C23H22O2. The molecule has 2 N–H and O–H groups in total. The average Bonchev–Trinajstić information content (AvgIpc) is 2.68. The lowest BCUT2D eigenvalue weighted by Gasteiger charge is -2.49. The molecule has 0 spiro atoms. The molecule has 4 atom stereocenters. The molecule has 126 valence electrons. The van der Waals surface area contributed by atoms with Crippen molar-refractivity contribution in [3.8, 4) is 0 Å². The molecule has 0 heterocycles. The van der Waals surface area contributed by atoms with Crippen LogP contribution in [0.25, 0.3) is 0 Å². The summed E-state index contributed by atoms with van der Waals surface area (Å²) in [4.78, 5) is 0. The first kappa shape index (κ1) is 15.9. The van der Waals surface area contributed by atoms with Crippen LogP contribution in [0, 0.1) is 11.8 Å². The van der Waals surface area contributed by atoms with Crippen molar-refractivity contribution in [3.05, 3.63) is 107 Å². The first-order valence-electron chi connectivity index (χ1n) is 8.71. The van der Waals surface area contributed by atoms with E-state index in [2.05, 4.69) is 0 Å². The van der Waals surface area contributed by atoms with Gasteiger partial charge >= 0.3 is 0 Å². The minimum Gasteiger partial charge on any atom is -0.512 e. The molecule has 0 aromatic heterocycles. The minimum absolute atomic E-state index is 0.199. The standard InChI is InChI=1S/C23H22O2/c1-16-21(17-10-4-2-5-11-17)23(25,18-12-6-3-7-13-18)20-15-9-8-14-19(20)22(16)24/h2-15,19-21,24-25H,1H3/t19-,20+,21+,23+/m1/s1. The Bertz CT molecular complexity index is 848. The van der Waals surface area contributed by atoms with Gasteiger partial charge in [0.25, 0.3) is 0 Å². The van der Waals surface area contributed by atoms with E-state index >= 15 is 0 Å². The lowest BCUT2D eigenvalue weighted by Crippen LogP contribution is -2.48. The summed E-state index contributed by atoms with van der Waals surface area (Å²) in [6.07, 6.45) is 7.92. The van der Waals surface area contributed by atoms with Crippen molar-refractivity contribution >= 4 is 0 Å². The molecule has 2 heteroatoms. The van der Waals surface area contributed by atoms with Gasteiger partial charge in [-0.1, -0.05) is 85.0 Å². The summed E-state index contributed by atoms with van der Waals surface area (Å²) in [7, 11) is 0. The Morgan fingerprint density at radius 1 is 0.840 bits per heavy atom. The molecule has 2 aromatic rings. The highest BCUT2D eigenvalue weighted by atomic mass is 16.3. The molecule has 2 aliphatic carbocycles. The van der Waals surface area contributed by atoms with Gasteiger partial charge in [-0.05, 0) is 23.6 Å². The number of allylic oxidation sites excluding steroid dienone is 3. The van der Waals surface area contributed by atoms with Gasteiger partial charge in [-0.15, -0.1) is 0 Å². The number of aliphatic hydroxyl groups is 2. The normalized spacial score (nSPS) is 31.0. The van der Waals surface area contributed by atoms with Crippen molar-refractivity contribution in [2.24, 2.45) is 11.8 Å². The van der Waals surface area contributed by atoms with Gasteiger partial charge in [-0.25, -0.2) is 0 Å². The quantitative estimate of drug-likeness (QED) is 0.825. The number of rotatable bonds is 2. The Labute approximate surface area is 148 Å². The van der Waals surface area contributed by atoms with Gasteiger partial charge in [-0.2, -0.15) is 0 Å². The smallest absolute Gasteiger partial charge is 0.107 e. The van der Waals surface area contributed by atoms with Crippen molar-refractivity contribution in [2.75, 3.05) is 0 Å². The molecule has 0 fully saturated rings. The molecule has 0 bridgehead atoms. The maximum Gasteiger partial charge on any atom is 0.107 e. The molecule has 0 saturated heterocycles. The molecule has 0 unspecified atom stereocenters. The fraction of sp³-hybridized carbons (Fsp3) is 0.217. The van der Waals surface area contributed by atoms with E-state index in [1.807, 2.05) is 91.9 Å². The van der Waals surface area contributed by atoms with Crippen LogP contribution in [0.2, 0.25) is 0 Å². The summed E-state index contributed by atoms with van der Waals surface area (Å²) < 4.78 is 0. The molecule has 2 aromatic carbocycles. The summed E-state index contributed by atoms with van der Waals surface area (Å²) >= 11 is 0. The Balaban J connectivity index is 1.99. The van der Waals surface area contributed by atoms with Gasteiger partial charge in [0.1, 0.15) is 5.60 Å². The second-order valence-electron chi connectivity index (χ2n) is 6.92. The van der Waals surface area contributed by atoms with Crippen molar-refractivity contribution < 1.29 is 10.2 Å². The lowest BCUT2D eigenvalue weighted by atomic mass is 9.58. The Hall–Kier alpha value is -2.58. The van der Waals surface area contributed by atoms with E-state index in [1.54, 1.807) is 0 Å². The Morgan fingerprint density at radius 2 is 1.44 bits per heavy atom. The zero-order valence-corrected chi connectivity index (χ0v) is 14.2. The largest absolute Gasteiger partial charge is 0.512 e. The van der Waals surface area contributed by atoms with Gasteiger partial charge in [0.15, 0.2) is 0 Å². The SMILES string of the molecule is CC1=C(O)[C@@H]2C=CC=C[C@@H]2[C@@](O)(c2ccccc2)[C@@H]1c1ccccc1. The fourth-order valence-corrected chi connectivity index (χ4v) is 4.44. The average molecular weight is 330 g/mol. The van der Waals surface area contributed by atoms with E-state index in [4.69, 9.17) is 0 Å². The number of hydrogen-bond acceptors (Lipinski definition) is 2. The summed E-state index contributed by atoms with van der Waals surface area (Å²) in [5, 5.41) is 23.0. The van der Waals surface area contributed by atoms with Crippen molar-refractivity contribution in [3.63, 3.8) is 0 Å². The highest BCUT2D eigenvalue weighted by Crippen LogP contribution is 2.55. The van der Waals surface area contributed by atoms with Crippen LogP contribution >= 0.6 is 0 Å². The van der Waals surface area contributed by atoms with Crippen LogP contribution in [0.1, 0.15) is 24.0 Å². The summed E-state index contributed by atoms with van der Waals surface area (Å²) in [6.45, 7) is 1.93. The fourth-order valence-electron chi connectivity index (χ4n) is 4.44. The highest BCUT2D eigenvalue weighted by Gasteiger charge is 2.53. The number of benzene rings is 2. The molecular weight excluding hydrogens is 308 g/mol. The predicted molar refractivity (Wildman–Crippen MR) is 100 cm³/mol. The predicted octanol–water partition coefficient (Wildman–Crippen LogP) is 4.86. The van der Waals surface area contributed by atoms with Crippen LogP contribution in [0.3, 0.4) is 0 Å². The van der Waals surface area contributed by atoms with Crippen molar-refractivity contribution in [1.82, 2.24) is 0 Å². The topological polar surface area (TPSA) is 40.5 Å². The zero-order chi connectivity index (χ0) is 17.4. The third-order valence-electron chi connectivity index (χ3n) is 5.61. The Morgan fingerprint density at radius 3 is 2.12 bits per heavy atom. The second kappa shape index (κ2) is 6.05. The first-order chi connectivity index (χ1) is 12.1. The van der Waals surface area contributed by atoms with E-state index < -0.39 is 5.60 Å². The molecule has 0 radical (unpaired) electrons. The molecule has 4 rings (SSSR count). The van der Waals surface area contributed by atoms with E-state index in [0.717, 1.165) is 16.7 Å². The van der Waals surface area contributed by atoms with E-state index in [9.17, 15) is 10.2 Å². The van der Waals surface area contributed by atoms with Gasteiger partial charge in [-0.3, -0.25) is 0 Å². The van der Waals surface area contributed by atoms with Crippen LogP contribution in [0.15, 0.2) is 96.3 Å². The van der Waals surface area contributed by atoms with E-state index in [0.29, 0.717) is 5.76 Å². The summed E-state index contributed by atoms with van der Waals surface area (Å²) in [5.74, 6) is -0.336. The van der Waals surface area contributed by atoms with Crippen LogP contribution in [-0.2, 0) is 5.60 Å². The van der Waals surface area contributed by atoms with Gasteiger partial charge in [0, 0.05) is 17.8 Å². The molecule has 0 amide bonds. The maximum absolute atomic E-state index is 12.1. The lowest BCUT2D eigenvalue weighted by molar-refractivity contribution is -0.0491. The Kier molecular flexibility index (Phi) is 3.85. The number of aliphatic hydroxyl groups excluding tert-OH is 1. The molecule has 2 aliphatic rings. The molecule has 25 heavy (non-hydrogen) atoms. The number of fused-ring (bicyclic) bond motifs is 1. The molecule has 0 saturated carbocycles. The van der Waals surface area contributed by atoms with Crippen LogP contribution in [0.5, 0.6) is 0 Å².